The molecule has 4 rings (SSSR count). The third-order valence-corrected chi connectivity index (χ3v) is 7.11. The van der Waals surface area contributed by atoms with Crippen LogP contribution in [0.15, 0.2) is 59.5 Å². The Bertz CT molecular complexity index is 703. The molecule has 2 aromatic rings. The van der Waals surface area contributed by atoms with Crippen LogP contribution in [0.3, 0.4) is 0 Å². The fraction of sp³-hybridized carbons (Fsp3) is 0.400. The number of benzene rings is 2. The molecule has 2 heterocycles. The van der Waals surface area contributed by atoms with Crippen molar-refractivity contribution < 1.29 is 0 Å². The standard InChI is InChI=1S/C20H24ClN3S/c1-23-11-13-24(14-12-23)20-19(25-15-7-3-2-4-8-15)18(21)16-9-5-6-10-17(16)22-20/h2-10,18-20,22H,11-14H2,1H3. The molecule has 3 unspecified atom stereocenters. The monoisotopic (exact) mass is 373 g/mol. The van der Waals surface area contributed by atoms with Crippen LogP contribution in [0.25, 0.3) is 0 Å². The van der Waals surface area contributed by atoms with Gasteiger partial charge >= 0.3 is 0 Å². The van der Waals surface area contributed by atoms with Crippen molar-refractivity contribution in [3.05, 3.63) is 60.2 Å². The molecule has 0 saturated carbocycles. The van der Waals surface area contributed by atoms with Crippen molar-refractivity contribution in [2.75, 3.05) is 38.5 Å². The average Bonchev–Trinajstić information content (AvgIpc) is 2.65. The third kappa shape index (κ3) is 3.68. The number of rotatable bonds is 3. The number of anilines is 1. The summed E-state index contributed by atoms with van der Waals surface area (Å²) in [5.41, 5.74) is 2.39. The van der Waals surface area contributed by atoms with Crippen molar-refractivity contribution in [2.24, 2.45) is 0 Å². The Morgan fingerprint density at radius 3 is 2.40 bits per heavy atom. The van der Waals surface area contributed by atoms with Crippen LogP contribution in [0.4, 0.5) is 5.69 Å². The maximum atomic E-state index is 7.01. The minimum Gasteiger partial charge on any atom is -0.368 e. The van der Waals surface area contributed by atoms with Crippen molar-refractivity contribution in [3.8, 4) is 0 Å². The quantitative estimate of drug-likeness (QED) is 0.815. The molecule has 5 heteroatoms. The molecule has 0 aliphatic carbocycles. The van der Waals surface area contributed by atoms with E-state index in [1.165, 1.54) is 16.1 Å². The van der Waals surface area contributed by atoms with Crippen LogP contribution in [-0.4, -0.2) is 54.4 Å². The average molecular weight is 374 g/mol. The van der Waals surface area contributed by atoms with Crippen LogP contribution < -0.4 is 5.32 Å². The number of fused-ring (bicyclic) bond motifs is 1. The molecular weight excluding hydrogens is 350 g/mol. The summed E-state index contributed by atoms with van der Waals surface area (Å²) in [6.45, 7) is 4.36. The summed E-state index contributed by atoms with van der Waals surface area (Å²) in [7, 11) is 2.20. The molecule has 0 aromatic heterocycles. The molecular formula is C20H24ClN3S. The molecule has 1 saturated heterocycles. The molecule has 2 aliphatic heterocycles. The summed E-state index contributed by atoms with van der Waals surface area (Å²) in [6.07, 6.45) is 0.247. The minimum atomic E-state index is -0.00712. The predicted molar refractivity (Wildman–Crippen MR) is 108 cm³/mol. The number of thioether (sulfide) groups is 1. The van der Waals surface area contributed by atoms with Gasteiger partial charge in [-0.2, -0.15) is 0 Å². The summed E-state index contributed by atoms with van der Waals surface area (Å²) >= 11 is 8.90. The van der Waals surface area contributed by atoms with Gasteiger partial charge in [-0.15, -0.1) is 23.4 Å². The second-order valence-electron chi connectivity index (χ2n) is 6.81. The number of para-hydroxylation sites is 1. The number of piperazine rings is 1. The third-order valence-electron chi connectivity index (χ3n) is 5.11. The van der Waals surface area contributed by atoms with Gasteiger partial charge in [0.1, 0.15) is 0 Å². The van der Waals surface area contributed by atoms with E-state index in [1.54, 1.807) is 0 Å². The first-order valence-electron chi connectivity index (χ1n) is 8.86. The number of hydrogen-bond acceptors (Lipinski definition) is 4. The predicted octanol–water partition coefficient (Wildman–Crippen LogP) is 4.13. The van der Waals surface area contributed by atoms with Gasteiger partial charge in [-0.25, -0.2) is 0 Å². The Hall–Kier alpha value is -1.20. The van der Waals surface area contributed by atoms with Gasteiger partial charge in [0.25, 0.3) is 0 Å². The van der Waals surface area contributed by atoms with Crippen LogP contribution in [-0.2, 0) is 0 Å². The molecule has 1 N–H and O–H groups in total. The van der Waals surface area contributed by atoms with E-state index in [-0.39, 0.29) is 16.8 Å². The second kappa shape index (κ2) is 7.58. The number of halogens is 1. The van der Waals surface area contributed by atoms with Gasteiger partial charge in [0.2, 0.25) is 0 Å². The molecule has 3 atom stereocenters. The Kier molecular flexibility index (Phi) is 5.23. The van der Waals surface area contributed by atoms with Crippen LogP contribution in [0.5, 0.6) is 0 Å². The van der Waals surface area contributed by atoms with E-state index < -0.39 is 0 Å². The Balaban J connectivity index is 1.63. The summed E-state index contributed by atoms with van der Waals surface area (Å²) < 4.78 is 0. The van der Waals surface area contributed by atoms with Gasteiger partial charge in [0, 0.05) is 36.8 Å². The smallest absolute Gasteiger partial charge is 0.0937 e. The molecule has 0 amide bonds. The number of likely N-dealkylation sites (N-methyl/N-ethyl adjacent to an activating group) is 1. The van der Waals surface area contributed by atoms with Crippen molar-refractivity contribution >= 4 is 29.1 Å². The van der Waals surface area contributed by atoms with E-state index in [4.69, 9.17) is 11.6 Å². The van der Waals surface area contributed by atoms with E-state index in [1.807, 2.05) is 11.8 Å². The minimum absolute atomic E-state index is 0.00712. The van der Waals surface area contributed by atoms with Crippen LogP contribution >= 0.6 is 23.4 Å². The summed E-state index contributed by atoms with van der Waals surface area (Å²) in [5, 5.41) is 4.04. The molecule has 0 spiro atoms. The maximum Gasteiger partial charge on any atom is 0.0937 e. The van der Waals surface area contributed by atoms with Gasteiger partial charge in [0.05, 0.1) is 16.8 Å². The maximum absolute atomic E-state index is 7.01. The van der Waals surface area contributed by atoms with Gasteiger partial charge in [0.15, 0.2) is 0 Å². The molecule has 2 aromatic carbocycles. The van der Waals surface area contributed by atoms with Crippen molar-refractivity contribution in [1.29, 1.82) is 0 Å². The van der Waals surface area contributed by atoms with Crippen molar-refractivity contribution in [2.45, 2.75) is 21.7 Å². The van der Waals surface area contributed by atoms with E-state index in [0.29, 0.717) is 0 Å². The summed E-state index contributed by atoms with van der Waals surface area (Å²) in [5.74, 6) is 0. The zero-order valence-electron chi connectivity index (χ0n) is 14.4. The first-order chi connectivity index (χ1) is 12.2. The molecule has 0 bridgehead atoms. The van der Waals surface area contributed by atoms with Crippen molar-refractivity contribution in [3.63, 3.8) is 0 Å². The highest BCUT2D eigenvalue weighted by atomic mass is 35.5. The van der Waals surface area contributed by atoms with Gasteiger partial charge < -0.3 is 10.2 Å². The normalized spacial score (nSPS) is 27.5. The molecule has 0 radical (unpaired) electrons. The van der Waals surface area contributed by atoms with E-state index in [2.05, 4.69) is 76.8 Å². The highest BCUT2D eigenvalue weighted by Crippen LogP contribution is 2.45. The fourth-order valence-electron chi connectivity index (χ4n) is 3.63. The zero-order valence-corrected chi connectivity index (χ0v) is 16.0. The summed E-state index contributed by atoms with van der Waals surface area (Å²) in [4.78, 5) is 6.23. The fourth-order valence-corrected chi connectivity index (χ4v) is 5.37. The lowest BCUT2D eigenvalue weighted by atomic mass is 9.99. The van der Waals surface area contributed by atoms with Gasteiger partial charge in [-0.3, -0.25) is 4.90 Å². The number of nitrogens with zero attached hydrogens (tertiary/aromatic N) is 2. The molecule has 3 nitrogen and oxygen atoms in total. The largest absolute Gasteiger partial charge is 0.368 e. The van der Waals surface area contributed by atoms with Crippen LogP contribution in [0.2, 0.25) is 0 Å². The molecule has 1 fully saturated rings. The SMILES string of the molecule is CN1CCN(C2Nc3ccccc3C(Cl)C2Sc2ccccc2)CC1. The Morgan fingerprint density at radius 2 is 1.64 bits per heavy atom. The van der Waals surface area contributed by atoms with Crippen molar-refractivity contribution in [1.82, 2.24) is 9.80 Å². The lowest BCUT2D eigenvalue weighted by Gasteiger charge is -2.46. The van der Waals surface area contributed by atoms with E-state index >= 15 is 0 Å². The zero-order chi connectivity index (χ0) is 17.2. The van der Waals surface area contributed by atoms with Gasteiger partial charge in [-0.1, -0.05) is 36.4 Å². The first-order valence-corrected chi connectivity index (χ1v) is 10.2. The number of alkyl halides is 1. The molecule has 2 aliphatic rings. The molecule has 132 valence electrons. The summed E-state index contributed by atoms with van der Waals surface area (Å²) in [6, 6.07) is 19.1. The Morgan fingerprint density at radius 1 is 0.960 bits per heavy atom. The highest BCUT2D eigenvalue weighted by molar-refractivity contribution is 8.00. The highest BCUT2D eigenvalue weighted by Gasteiger charge is 2.39. The van der Waals surface area contributed by atoms with Crippen LogP contribution in [0, 0.1) is 0 Å². The number of hydrogen-bond donors (Lipinski definition) is 1. The van der Waals surface area contributed by atoms with E-state index in [0.717, 1.165) is 26.2 Å². The van der Waals surface area contributed by atoms with Gasteiger partial charge in [-0.05, 0) is 30.8 Å². The Labute approximate surface area is 159 Å². The first kappa shape index (κ1) is 17.2. The van der Waals surface area contributed by atoms with Crippen LogP contribution in [0.1, 0.15) is 10.9 Å². The van der Waals surface area contributed by atoms with E-state index in [9.17, 15) is 0 Å². The molecule has 25 heavy (non-hydrogen) atoms. The number of nitrogens with one attached hydrogen (secondary N) is 1. The topological polar surface area (TPSA) is 18.5 Å². The lowest BCUT2D eigenvalue weighted by molar-refractivity contribution is 0.119. The second-order valence-corrected chi connectivity index (χ2v) is 8.53. The lowest BCUT2D eigenvalue weighted by Crippen LogP contribution is -2.57.